The zero-order valence-corrected chi connectivity index (χ0v) is 18.9. The van der Waals surface area contributed by atoms with Crippen molar-refractivity contribution in [3.05, 3.63) is 28.3 Å². The summed E-state index contributed by atoms with van der Waals surface area (Å²) >= 11 is 6.47. The molecule has 1 heterocycles. The smallest absolute Gasteiger partial charge is 0.219 e. The van der Waals surface area contributed by atoms with Crippen LogP contribution in [0, 0.1) is 6.92 Å². The minimum absolute atomic E-state index is 0.135. The molecule has 1 aliphatic rings. The lowest BCUT2D eigenvalue weighted by Crippen LogP contribution is -2.53. The maximum absolute atomic E-state index is 11.9. The normalized spacial score (nSPS) is 16.1. The van der Waals surface area contributed by atoms with Gasteiger partial charge >= 0.3 is 0 Å². The van der Waals surface area contributed by atoms with E-state index in [0.29, 0.717) is 0 Å². The molecule has 1 aliphatic heterocycles. The fourth-order valence-electron chi connectivity index (χ4n) is 3.86. The monoisotopic (exact) mass is 393 g/mol. The molecular formula is C22H36ClN3O. The van der Waals surface area contributed by atoms with Crippen LogP contribution >= 0.6 is 11.6 Å². The van der Waals surface area contributed by atoms with Gasteiger partial charge in [0.2, 0.25) is 5.91 Å². The lowest BCUT2D eigenvalue weighted by Gasteiger charge is -2.43. The number of piperazine rings is 1. The fraction of sp³-hybridized carbons (Fsp3) is 0.682. The van der Waals surface area contributed by atoms with Crippen LogP contribution in [0.5, 0.6) is 0 Å². The Balaban J connectivity index is 2.19. The van der Waals surface area contributed by atoms with Crippen molar-refractivity contribution in [2.75, 3.05) is 37.6 Å². The molecule has 0 radical (unpaired) electrons. The number of nitrogens with zero attached hydrogens (tertiary/aromatic N) is 3. The molecule has 1 aromatic rings. The van der Waals surface area contributed by atoms with Gasteiger partial charge in [-0.3, -0.25) is 9.69 Å². The van der Waals surface area contributed by atoms with Crippen LogP contribution in [0.3, 0.4) is 0 Å². The molecule has 0 saturated carbocycles. The van der Waals surface area contributed by atoms with Crippen molar-refractivity contribution in [1.82, 2.24) is 9.80 Å². The van der Waals surface area contributed by atoms with Crippen molar-refractivity contribution in [3.63, 3.8) is 0 Å². The van der Waals surface area contributed by atoms with Crippen molar-refractivity contribution < 1.29 is 4.79 Å². The predicted molar refractivity (Wildman–Crippen MR) is 116 cm³/mol. The first-order chi connectivity index (χ1) is 12.5. The van der Waals surface area contributed by atoms with Crippen molar-refractivity contribution >= 4 is 23.2 Å². The van der Waals surface area contributed by atoms with Crippen LogP contribution < -0.4 is 4.90 Å². The summed E-state index contributed by atoms with van der Waals surface area (Å²) in [7, 11) is 0. The molecule has 0 aromatic heterocycles. The number of anilines is 1. The Labute approximate surface area is 170 Å². The highest BCUT2D eigenvalue weighted by atomic mass is 35.5. The molecule has 4 nitrogen and oxygen atoms in total. The minimum atomic E-state index is 0.135. The summed E-state index contributed by atoms with van der Waals surface area (Å²) in [5.74, 6) is 0.135. The second-order valence-electron chi connectivity index (χ2n) is 8.93. The molecule has 152 valence electrons. The maximum atomic E-state index is 11.9. The third-order valence-electron chi connectivity index (χ3n) is 5.58. The van der Waals surface area contributed by atoms with Crippen LogP contribution in [0.1, 0.15) is 52.7 Å². The average molecular weight is 394 g/mol. The van der Waals surface area contributed by atoms with E-state index in [9.17, 15) is 4.79 Å². The number of carbonyl (C=O) groups excluding carboxylic acids is 1. The molecule has 0 N–H and O–H groups in total. The van der Waals surface area contributed by atoms with Gasteiger partial charge in [-0.25, -0.2) is 0 Å². The van der Waals surface area contributed by atoms with E-state index in [1.165, 1.54) is 11.3 Å². The van der Waals surface area contributed by atoms with Gasteiger partial charge in [-0.1, -0.05) is 17.7 Å². The summed E-state index contributed by atoms with van der Waals surface area (Å²) in [5, 5.41) is 0.819. The van der Waals surface area contributed by atoms with Crippen LogP contribution in [0.15, 0.2) is 12.1 Å². The number of benzene rings is 1. The number of hydrogen-bond donors (Lipinski definition) is 0. The molecule has 0 bridgehead atoms. The summed E-state index contributed by atoms with van der Waals surface area (Å²) in [6, 6.07) is 4.54. The Kier molecular flexibility index (Phi) is 7.20. The Morgan fingerprint density at radius 2 is 1.78 bits per heavy atom. The molecule has 1 amide bonds. The molecule has 1 fully saturated rings. The van der Waals surface area contributed by atoms with Gasteiger partial charge in [0.05, 0.1) is 0 Å². The zero-order chi connectivity index (χ0) is 20.4. The molecular weight excluding hydrogens is 358 g/mol. The molecule has 5 heteroatoms. The van der Waals surface area contributed by atoms with Crippen LogP contribution in [0.4, 0.5) is 5.69 Å². The first-order valence-corrected chi connectivity index (χ1v) is 10.4. The Morgan fingerprint density at radius 1 is 1.19 bits per heavy atom. The van der Waals surface area contributed by atoms with Gasteiger partial charge in [0.25, 0.3) is 0 Å². The number of rotatable bonds is 5. The minimum Gasteiger partial charge on any atom is -0.369 e. The van der Waals surface area contributed by atoms with E-state index in [1.54, 1.807) is 6.92 Å². The van der Waals surface area contributed by atoms with Gasteiger partial charge < -0.3 is 9.80 Å². The SMILES string of the molecule is CC(=O)N(CCc1cc(C)c(Cl)cc1N1CCN(C(C)(C)C)CC1)C(C)C. The molecule has 2 rings (SSSR count). The second kappa shape index (κ2) is 8.83. The zero-order valence-electron chi connectivity index (χ0n) is 18.1. The second-order valence-corrected chi connectivity index (χ2v) is 9.34. The largest absolute Gasteiger partial charge is 0.369 e. The number of amides is 1. The van der Waals surface area contributed by atoms with E-state index in [2.05, 4.69) is 63.5 Å². The third-order valence-corrected chi connectivity index (χ3v) is 5.99. The molecule has 27 heavy (non-hydrogen) atoms. The van der Waals surface area contributed by atoms with E-state index < -0.39 is 0 Å². The van der Waals surface area contributed by atoms with E-state index >= 15 is 0 Å². The Hall–Kier alpha value is -1.26. The average Bonchev–Trinajstić information content (AvgIpc) is 2.56. The Morgan fingerprint density at radius 3 is 2.26 bits per heavy atom. The number of carbonyl (C=O) groups is 1. The van der Waals surface area contributed by atoms with Crippen LogP contribution in [-0.2, 0) is 11.2 Å². The van der Waals surface area contributed by atoms with Gasteiger partial charge in [0.1, 0.15) is 0 Å². The van der Waals surface area contributed by atoms with Gasteiger partial charge in [-0.15, -0.1) is 0 Å². The highest BCUT2D eigenvalue weighted by Gasteiger charge is 2.27. The van der Waals surface area contributed by atoms with E-state index in [4.69, 9.17) is 11.6 Å². The van der Waals surface area contributed by atoms with Crippen molar-refractivity contribution in [2.24, 2.45) is 0 Å². The highest BCUT2D eigenvalue weighted by molar-refractivity contribution is 6.31. The molecule has 0 unspecified atom stereocenters. The topological polar surface area (TPSA) is 26.8 Å². The molecule has 0 aliphatic carbocycles. The van der Waals surface area contributed by atoms with Gasteiger partial charge in [-0.05, 0) is 65.2 Å². The summed E-state index contributed by atoms with van der Waals surface area (Å²) in [6.07, 6.45) is 0.852. The van der Waals surface area contributed by atoms with Crippen LogP contribution in [0.2, 0.25) is 5.02 Å². The van der Waals surface area contributed by atoms with Crippen molar-refractivity contribution in [2.45, 2.75) is 66.5 Å². The number of aryl methyl sites for hydroxylation is 1. The van der Waals surface area contributed by atoms with Crippen molar-refractivity contribution in [3.8, 4) is 0 Å². The maximum Gasteiger partial charge on any atom is 0.219 e. The Bertz CT molecular complexity index is 658. The van der Waals surface area contributed by atoms with Gasteiger partial charge in [0, 0.05) is 61.9 Å². The summed E-state index contributed by atoms with van der Waals surface area (Å²) < 4.78 is 0. The summed E-state index contributed by atoms with van der Waals surface area (Å²) in [6.45, 7) is 19.5. The summed E-state index contributed by atoms with van der Waals surface area (Å²) in [4.78, 5) is 18.9. The van der Waals surface area contributed by atoms with Crippen LogP contribution in [0.25, 0.3) is 0 Å². The quantitative estimate of drug-likeness (QED) is 0.743. The predicted octanol–water partition coefficient (Wildman–Crippen LogP) is 4.37. The van der Waals surface area contributed by atoms with E-state index in [0.717, 1.165) is 49.7 Å². The van der Waals surface area contributed by atoms with Gasteiger partial charge in [-0.2, -0.15) is 0 Å². The van der Waals surface area contributed by atoms with E-state index in [-0.39, 0.29) is 17.5 Å². The van der Waals surface area contributed by atoms with Crippen molar-refractivity contribution in [1.29, 1.82) is 0 Å². The molecule has 0 atom stereocenters. The first-order valence-electron chi connectivity index (χ1n) is 10.1. The van der Waals surface area contributed by atoms with Crippen LogP contribution in [-0.4, -0.2) is 60.0 Å². The molecule has 0 spiro atoms. The molecule has 1 aromatic carbocycles. The third kappa shape index (κ3) is 5.61. The highest BCUT2D eigenvalue weighted by Crippen LogP contribution is 2.30. The summed E-state index contributed by atoms with van der Waals surface area (Å²) in [5.41, 5.74) is 3.82. The first kappa shape index (κ1) is 22.0. The molecule has 1 saturated heterocycles. The number of hydrogen-bond acceptors (Lipinski definition) is 3. The van der Waals surface area contributed by atoms with E-state index in [1.807, 2.05) is 4.90 Å². The number of halogens is 1. The fourth-order valence-corrected chi connectivity index (χ4v) is 4.02. The lowest BCUT2D eigenvalue weighted by molar-refractivity contribution is -0.130. The standard InChI is InChI=1S/C22H36ClN3O/c1-16(2)26(18(4)27)9-8-19-14-17(3)20(23)15-21(19)24-10-12-25(13-11-24)22(5,6)7/h14-16H,8-13H2,1-7H3. The van der Waals surface area contributed by atoms with Gasteiger partial charge in [0.15, 0.2) is 0 Å². The lowest BCUT2D eigenvalue weighted by atomic mass is 10.0.